The van der Waals surface area contributed by atoms with E-state index in [9.17, 15) is 0 Å². The van der Waals surface area contributed by atoms with Crippen molar-refractivity contribution < 1.29 is 0 Å². The van der Waals surface area contributed by atoms with Crippen molar-refractivity contribution in [1.82, 2.24) is 9.97 Å². The SMILES string of the molecule is CC1=C(C)c2cc1cc1[nH]c(cc3cc(cc4[nH]c(c2)c(C)c4C(C)C)C(C)=C3C)c(C)c1C. The molecule has 2 nitrogen and oxygen atoms in total. The number of aromatic nitrogens is 2. The predicted molar refractivity (Wildman–Crippen MR) is 150 cm³/mol. The van der Waals surface area contributed by atoms with Crippen LogP contribution in [0.5, 0.6) is 0 Å². The van der Waals surface area contributed by atoms with Gasteiger partial charge < -0.3 is 9.97 Å². The van der Waals surface area contributed by atoms with Gasteiger partial charge in [-0.3, -0.25) is 0 Å². The number of fused-ring (bicyclic) bond motifs is 8. The summed E-state index contributed by atoms with van der Waals surface area (Å²) in [6, 6.07) is 14.0. The van der Waals surface area contributed by atoms with E-state index in [-0.39, 0.29) is 0 Å². The largest absolute Gasteiger partial charge is 0.355 e. The number of rotatable bonds is 1. The Morgan fingerprint density at radius 2 is 0.765 bits per heavy atom. The van der Waals surface area contributed by atoms with Gasteiger partial charge in [-0.15, -0.1) is 0 Å². The number of H-pyrrole nitrogens is 2. The molecule has 0 fully saturated rings. The first-order valence-corrected chi connectivity index (χ1v) is 12.4. The highest BCUT2D eigenvalue weighted by atomic mass is 14.7. The highest BCUT2D eigenvalue weighted by Crippen LogP contribution is 2.37. The Balaban J connectivity index is 2.00. The van der Waals surface area contributed by atoms with Crippen molar-refractivity contribution in [1.29, 1.82) is 0 Å². The van der Waals surface area contributed by atoms with E-state index in [0.717, 1.165) is 0 Å². The number of hydrogen-bond donors (Lipinski definition) is 2. The van der Waals surface area contributed by atoms with Gasteiger partial charge in [-0.1, -0.05) is 13.8 Å². The lowest BCUT2D eigenvalue weighted by molar-refractivity contribution is 0.870. The minimum Gasteiger partial charge on any atom is -0.355 e. The molecule has 2 N–H and O–H groups in total. The number of hydrogen-bond acceptors (Lipinski definition) is 0. The molecule has 0 aliphatic heterocycles. The van der Waals surface area contributed by atoms with Gasteiger partial charge in [0.05, 0.1) is 0 Å². The Labute approximate surface area is 203 Å². The number of aromatic amines is 2. The van der Waals surface area contributed by atoms with Gasteiger partial charge in [0.1, 0.15) is 0 Å². The van der Waals surface area contributed by atoms with Crippen molar-refractivity contribution in [2.24, 2.45) is 0 Å². The molecule has 8 bridgehead atoms. The Bertz CT molecular complexity index is 1580. The zero-order valence-corrected chi connectivity index (χ0v) is 22.0. The second-order valence-electron chi connectivity index (χ2n) is 10.5. The van der Waals surface area contributed by atoms with Gasteiger partial charge in [-0.05, 0) is 158 Å². The molecule has 0 saturated heterocycles. The molecule has 0 aromatic carbocycles. The van der Waals surface area contributed by atoms with E-state index in [2.05, 4.69) is 109 Å². The third-order valence-electron chi connectivity index (χ3n) is 8.26. The molecule has 5 rings (SSSR count). The average Bonchev–Trinajstić information content (AvgIpc) is 3.41. The summed E-state index contributed by atoms with van der Waals surface area (Å²) in [5, 5.41) is 0. The fourth-order valence-corrected chi connectivity index (χ4v) is 5.54. The minimum atomic E-state index is 0.447. The predicted octanol–water partition coefficient (Wildman–Crippen LogP) is 9.47. The van der Waals surface area contributed by atoms with Crippen LogP contribution < -0.4 is 0 Å². The van der Waals surface area contributed by atoms with Crippen molar-refractivity contribution >= 4 is 44.4 Å². The van der Waals surface area contributed by atoms with E-state index in [1.165, 1.54) is 88.9 Å². The van der Waals surface area contributed by atoms with Crippen LogP contribution in [-0.2, 0) is 0 Å². The molecule has 34 heavy (non-hydrogen) atoms. The summed E-state index contributed by atoms with van der Waals surface area (Å²) in [4.78, 5) is 7.50. The summed E-state index contributed by atoms with van der Waals surface area (Å²) >= 11 is 0. The van der Waals surface area contributed by atoms with Crippen LogP contribution >= 0.6 is 0 Å². The Kier molecular flexibility index (Phi) is 5.24. The summed E-state index contributed by atoms with van der Waals surface area (Å²) in [6.07, 6.45) is 0. The number of nitrogens with one attached hydrogen (secondary N) is 2. The zero-order valence-electron chi connectivity index (χ0n) is 22.0. The third-order valence-corrected chi connectivity index (χ3v) is 8.26. The van der Waals surface area contributed by atoms with Crippen LogP contribution in [0.4, 0.5) is 0 Å². The highest BCUT2D eigenvalue weighted by Gasteiger charge is 2.17. The van der Waals surface area contributed by atoms with Gasteiger partial charge in [-0.25, -0.2) is 0 Å². The van der Waals surface area contributed by atoms with Crippen LogP contribution in [0.2, 0.25) is 0 Å². The molecule has 3 heterocycles. The smallest absolute Gasteiger partial charge is 0.0429 e. The molecule has 3 aromatic rings. The van der Waals surface area contributed by atoms with E-state index >= 15 is 0 Å². The number of allylic oxidation sites excluding steroid dienone is 4. The third kappa shape index (κ3) is 3.39. The molecule has 0 atom stereocenters. The van der Waals surface area contributed by atoms with E-state index in [4.69, 9.17) is 0 Å². The maximum absolute atomic E-state index is 3.79. The lowest BCUT2D eigenvalue weighted by Gasteiger charge is -2.05. The van der Waals surface area contributed by atoms with Crippen LogP contribution in [0.15, 0.2) is 36.4 Å². The molecule has 0 saturated carbocycles. The lowest BCUT2D eigenvalue weighted by Crippen LogP contribution is -1.88. The Morgan fingerprint density at radius 3 is 1.15 bits per heavy atom. The van der Waals surface area contributed by atoms with Gasteiger partial charge in [0.2, 0.25) is 0 Å². The fourth-order valence-electron chi connectivity index (χ4n) is 5.54. The molecule has 2 aliphatic rings. The summed E-state index contributed by atoms with van der Waals surface area (Å²) in [7, 11) is 0. The van der Waals surface area contributed by atoms with Crippen molar-refractivity contribution in [3.8, 4) is 0 Å². The zero-order chi connectivity index (χ0) is 24.5. The normalized spacial score (nSPS) is 14.1. The van der Waals surface area contributed by atoms with E-state index in [0.29, 0.717) is 5.92 Å². The molecule has 174 valence electrons. The maximum Gasteiger partial charge on any atom is 0.0429 e. The van der Waals surface area contributed by atoms with Crippen LogP contribution in [0.1, 0.15) is 92.0 Å². The van der Waals surface area contributed by atoms with Crippen LogP contribution in [0, 0.1) is 20.8 Å². The highest BCUT2D eigenvalue weighted by molar-refractivity contribution is 5.97. The molecule has 0 unspecified atom stereocenters. The molecule has 0 radical (unpaired) electrons. The molecule has 0 amide bonds. The van der Waals surface area contributed by atoms with Gasteiger partial charge in [0.25, 0.3) is 0 Å². The standard InChI is InChI=1S/C32H36N2/c1-16(2)32-23(9)30-14-26-10-24(17(3)18(26)4)12-28-21(7)22(8)29(33-28)13-25-11-27(15-31(32)34-30)20(6)19(25)5/h10-16,33-34H,1-9H3. The van der Waals surface area contributed by atoms with Gasteiger partial charge in [0, 0.05) is 22.1 Å². The molecule has 2 aliphatic carbocycles. The summed E-state index contributed by atoms with van der Waals surface area (Å²) in [5.41, 5.74) is 20.8. The van der Waals surface area contributed by atoms with Crippen LogP contribution in [0.3, 0.4) is 0 Å². The summed E-state index contributed by atoms with van der Waals surface area (Å²) in [5.74, 6) is 0.447. The first-order chi connectivity index (χ1) is 16.1. The second kappa shape index (κ2) is 7.91. The van der Waals surface area contributed by atoms with E-state index in [1.807, 2.05) is 0 Å². The van der Waals surface area contributed by atoms with Gasteiger partial charge >= 0.3 is 0 Å². The van der Waals surface area contributed by atoms with E-state index in [1.54, 1.807) is 0 Å². The van der Waals surface area contributed by atoms with Crippen molar-refractivity contribution in [2.75, 3.05) is 0 Å². The lowest BCUT2D eigenvalue weighted by atomic mass is 9.99. The average molecular weight is 449 g/mol. The molecular weight excluding hydrogens is 412 g/mol. The molecule has 3 aromatic heterocycles. The summed E-state index contributed by atoms with van der Waals surface area (Å²) in [6.45, 7) is 20.3. The van der Waals surface area contributed by atoms with Crippen molar-refractivity contribution in [2.45, 2.75) is 68.2 Å². The minimum absolute atomic E-state index is 0.447. The quantitative estimate of drug-likeness (QED) is 0.371. The second-order valence-corrected chi connectivity index (χ2v) is 10.5. The number of aryl methyl sites for hydroxylation is 3. The monoisotopic (exact) mass is 448 g/mol. The van der Waals surface area contributed by atoms with Crippen molar-refractivity contribution in [3.05, 3.63) is 80.9 Å². The molecule has 2 heteroatoms. The van der Waals surface area contributed by atoms with E-state index < -0.39 is 0 Å². The Hall–Kier alpha value is -3.26. The van der Waals surface area contributed by atoms with Crippen molar-refractivity contribution in [3.63, 3.8) is 0 Å². The van der Waals surface area contributed by atoms with Crippen LogP contribution in [0.25, 0.3) is 44.4 Å². The first-order valence-electron chi connectivity index (χ1n) is 12.4. The molecule has 0 spiro atoms. The Morgan fingerprint density at radius 1 is 0.441 bits per heavy atom. The van der Waals surface area contributed by atoms with Gasteiger partial charge in [0.15, 0.2) is 0 Å². The van der Waals surface area contributed by atoms with Gasteiger partial charge in [-0.2, -0.15) is 0 Å². The molecular formula is C32H36N2. The summed E-state index contributed by atoms with van der Waals surface area (Å²) < 4.78 is 0. The first kappa shape index (κ1) is 22.5. The fraction of sp³-hybridized carbons (Fsp3) is 0.312. The maximum atomic E-state index is 3.79. The topological polar surface area (TPSA) is 31.6 Å². The van der Waals surface area contributed by atoms with Crippen LogP contribution in [-0.4, -0.2) is 9.97 Å².